The van der Waals surface area contributed by atoms with Gasteiger partial charge in [-0.1, -0.05) is 133 Å². The van der Waals surface area contributed by atoms with Gasteiger partial charge in [0, 0.05) is 161 Å². The number of primary amides is 1. The minimum atomic E-state index is -1.95. The molecule has 0 aliphatic carbocycles. The molecule has 6 aromatic carbocycles. The molecule has 2 aliphatic heterocycles. The summed E-state index contributed by atoms with van der Waals surface area (Å²) in [6.45, 7) is -2.26. The van der Waals surface area contributed by atoms with Crippen molar-refractivity contribution in [2.45, 2.75) is 125 Å². The molecule has 27 N–H and O–H groups in total. The fourth-order valence-corrected chi connectivity index (χ4v) is 16.7. The fourth-order valence-electron chi connectivity index (χ4n) is 16.7. The first-order chi connectivity index (χ1) is 66.8. The van der Waals surface area contributed by atoms with E-state index in [4.69, 9.17) is 28.0 Å². The number of amides is 12. The van der Waals surface area contributed by atoms with Gasteiger partial charge in [0.05, 0.1) is 39.1 Å². The largest absolute Gasteiger partial charge is 0.480 e. The quantitative estimate of drug-likeness (QED) is 0.00635. The Labute approximate surface area is 797 Å². The molecule has 45 nitrogen and oxygen atoms in total. The topological polar surface area (TPSA) is 684 Å². The van der Waals surface area contributed by atoms with E-state index in [1.807, 2.05) is 41.8 Å². The summed E-state index contributed by atoms with van der Waals surface area (Å²) in [6.07, 6.45) is 4.45. The Balaban J connectivity index is 0.855. The van der Waals surface area contributed by atoms with Crippen molar-refractivity contribution in [1.29, 1.82) is 10.8 Å². The SMILES string of the molecule is N=C(N)NCCC[C@H](NC(=O)[C@@H](Cc1ccc2ccccc2c1)NC(=O)CN1CCN(CC(=O)O)CCN(CC(=O)O)CCN(CC(=O)O)CC1)C(=O)N[C@@H](Cc1c[nH]c2ccccc12)C(=O)N[C@@H](CO)C(=O)N[C@@H](Cc1cnc[nH]1)C(=O)N[C@H](CCCNC(=N)N)C(=O)N[C@@H](Cc1c[nH]c2ccccc12)C(=O)N[C@@H](Cc1ccc(C(=O)c2ccccc2)cc1)C(=O)N1CCC[C@H]1C(=O)NNC(N)=O. The van der Waals surface area contributed by atoms with Gasteiger partial charge in [0.15, 0.2) is 17.7 Å². The Morgan fingerprint density at radius 3 is 1.32 bits per heavy atom. The van der Waals surface area contributed by atoms with Gasteiger partial charge in [0.25, 0.3) is 5.91 Å². The number of aliphatic hydroxyl groups excluding tert-OH is 1. The summed E-state index contributed by atoms with van der Waals surface area (Å²) in [5.74, 6) is -14.0. The summed E-state index contributed by atoms with van der Waals surface area (Å²) in [4.78, 5) is 234. The van der Waals surface area contributed by atoms with Crippen LogP contribution in [0.5, 0.6) is 0 Å². The molecule has 9 aromatic rings. The first kappa shape index (κ1) is 104. The van der Waals surface area contributed by atoms with Crippen molar-refractivity contribution >= 4 is 133 Å². The summed E-state index contributed by atoms with van der Waals surface area (Å²) in [5.41, 5.74) is 25.1. The highest BCUT2D eigenvalue weighted by Crippen LogP contribution is 2.26. The number of para-hydroxylation sites is 2. The van der Waals surface area contributed by atoms with Crippen LogP contribution < -0.4 is 81.2 Å². The molecule has 2 fully saturated rings. The van der Waals surface area contributed by atoms with Crippen molar-refractivity contribution in [3.63, 3.8) is 0 Å². The van der Waals surface area contributed by atoms with E-state index in [1.54, 1.807) is 141 Å². The third-order valence-electron chi connectivity index (χ3n) is 23.9. The molecule has 0 radical (unpaired) electrons. The Hall–Kier alpha value is -15.7. The lowest BCUT2D eigenvalue weighted by atomic mass is 9.98. The number of aliphatic carboxylic acids is 3. The van der Waals surface area contributed by atoms with Crippen LogP contribution in [0.25, 0.3) is 32.6 Å². The van der Waals surface area contributed by atoms with E-state index in [9.17, 15) is 54.0 Å². The van der Waals surface area contributed by atoms with Gasteiger partial charge >= 0.3 is 23.9 Å². The van der Waals surface area contributed by atoms with Crippen LogP contribution in [0.4, 0.5) is 4.79 Å². The number of carboxylic acid groups (broad SMARTS) is 3. The minimum absolute atomic E-state index is 0.00636. The van der Waals surface area contributed by atoms with E-state index < -0.39 is 189 Å². The van der Waals surface area contributed by atoms with Crippen LogP contribution >= 0.6 is 0 Å². The van der Waals surface area contributed by atoms with Gasteiger partial charge in [-0.05, 0) is 83.7 Å². The number of benzene rings is 6. The average molecular weight is 1920 g/mol. The predicted octanol–water partition coefficient (Wildman–Crippen LogP) is -2.17. The number of fused-ring (bicyclic) bond motifs is 3. The smallest absolute Gasteiger partial charge is 0.330 e. The highest BCUT2D eigenvalue weighted by atomic mass is 16.4. The number of aliphatic hydroxyl groups is 1. The van der Waals surface area contributed by atoms with Crippen LogP contribution in [-0.4, -0.2) is 325 Å². The minimum Gasteiger partial charge on any atom is -0.480 e. The lowest BCUT2D eigenvalue weighted by Gasteiger charge is -2.33. The number of carbonyl (C=O) groups is 15. The third kappa shape index (κ3) is 31.7. The molecule has 0 unspecified atom stereocenters. The molecule has 9 atom stereocenters. The number of carboxylic acids is 3. The molecular formula is C94H118N26O19. The van der Waals surface area contributed by atoms with Gasteiger partial charge in [-0.15, -0.1) is 0 Å². The number of hydrazine groups is 1. The number of nitrogens with one attached hydrogen (secondary N) is 17. The molecule has 2 aliphatic rings. The van der Waals surface area contributed by atoms with Crippen molar-refractivity contribution < 1.29 is 92.3 Å². The molecule has 2 saturated heterocycles. The Morgan fingerprint density at radius 2 is 0.842 bits per heavy atom. The summed E-state index contributed by atoms with van der Waals surface area (Å²) < 4.78 is 0. The summed E-state index contributed by atoms with van der Waals surface area (Å²) in [5, 5.41) is 86.7. The second kappa shape index (κ2) is 51.3. The zero-order valence-electron chi connectivity index (χ0n) is 76.3. The maximum Gasteiger partial charge on any atom is 0.330 e. The number of carbonyl (C=O) groups excluding carboxylic acids is 12. The van der Waals surface area contributed by atoms with Crippen LogP contribution in [0.15, 0.2) is 171 Å². The Kier molecular flexibility index (Phi) is 38.3. The lowest BCUT2D eigenvalue weighted by molar-refractivity contribution is -0.142. The number of guanidine groups is 2. The number of rotatable bonds is 46. The Bertz CT molecular complexity index is 5810. The monoisotopic (exact) mass is 1910 g/mol. The maximum absolute atomic E-state index is 15.5. The number of hydrogen-bond donors (Lipinski definition) is 24. The van der Waals surface area contributed by atoms with Crippen LogP contribution in [0.2, 0.25) is 0 Å². The molecule has 11 rings (SSSR count). The number of hydrogen-bond acceptors (Lipinski definition) is 23. The fraction of sp³-hybridized carbons (Fsp3) is 0.383. The lowest BCUT2D eigenvalue weighted by Crippen LogP contribution is -2.62. The average Bonchev–Trinajstić information content (AvgIpc) is 1.75. The van der Waals surface area contributed by atoms with Crippen molar-refractivity contribution in [2.24, 2.45) is 17.2 Å². The molecule has 139 heavy (non-hydrogen) atoms. The first-order valence-corrected chi connectivity index (χ1v) is 45.4. The summed E-state index contributed by atoms with van der Waals surface area (Å²) in [7, 11) is 0. The highest BCUT2D eigenvalue weighted by Gasteiger charge is 2.41. The molecule has 738 valence electrons. The van der Waals surface area contributed by atoms with E-state index in [0.717, 1.165) is 10.8 Å². The van der Waals surface area contributed by atoms with Gasteiger partial charge in [-0.3, -0.25) is 103 Å². The number of imidazole rings is 1. The zero-order valence-corrected chi connectivity index (χ0v) is 76.3. The van der Waals surface area contributed by atoms with Gasteiger partial charge in [-0.25, -0.2) is 15.2 Å². The van der Waals surface area contributed by atoms with Gasteiger partial charge in [0.2, 0.25) is 53.2 Å². The van der Waals surface area contributed by atoms with E-state index in [2.05, 4.69) is 78.5 Å². The van der Waals surface area contributed by atoms with Crippen molar-refractivity contribution in [3.8, 4) is 0 Å². The van der Waals surface area contributed by atoms with E-state index in [0.29, 0.717) is 61.6 Å². The van der Waals surface area contributed by atoms with E-state index in [-0.39, 0.29) is 141 Å². The molecule has 45 heteroatoms. The number of nitrogens with zero attached hydrogens (tertiary/aromatic N) is 6. The van der Waals surface area contributed by atoms with Crippen molar-refractivity contribution in [3.05, 3.63) is 210 Å². The number of ketones is 1. The normalized spacial score (nSPS) is 15.7. The van der Waals surface area contributed by atoms with Crippen LogP contribution in [-0.2, 0) is 94.4 Å². The van der Waals surface area contributed by atoms with Gasteiger partial charge in [-0.2, -0.15) is 0 Å². The van der Waals surface area contributed by atoms with Gasteiger partial charge < -0.3 is 111 Å². The molecule has 5 heterocycles. The van der Waals surface area contributed by atoms with Crippen molar-refractivity contribution in [1.82, 2.24) is 108 Å². The van der Waals surface area contributed by atoms with Crippen LogP contribution in [0.1, 0.15) is 82.4 Å². The number of nitrogens with two attached hydrogens (primary N) is 3. The Morgan fingerprint density at radius 1 is 0.424 bits per heavy atom. The number of aromatic amines is 3. The summed E-state index contributed by atoms with van der Waals surface area (Å²) >= 11 is 0. The second-order valence-electron chi connectivity index (χ2n) is 34.0. The third-order valence-corrected chi connectivity index (χ3v) is 23.9. The highest BCUT2D eigenvalue weighted by molar-refractivity contribution is 6.09. The van der Waals surface area contributed by atoms with Gasteiger partial charge in [0.1, 0.15) is 54.4 Å². The molecule has 0 spiro atoms. The first-order valence-electron chi connectivity index (χ1n) is 45.4. The number of H-pyrrole nitrogens is 3. The number of urea groups is 1. The van der Waals surface area contributed by atoms with E-state index >= 15 is 38.4 Å². The summed E-state index contributed by atoms with van der Waals surface area (Å²) in [6, 6.07) is 26.3. The number of aromatic nitrogens is 4. The maximum atomic E-state index is 15.5. The van der Waals surface area contributed by atoms with Crippen molar-refractivity contribution in [2.75, 3.05) is 105 Å². The second-order valence-corrected chi connectivity index (χ2v) is 34.0. The number of likely N-dealkylation sites (tertiary alicyclic amines) is 1. The predicted molar refractivity (Wildman–Crippen MR) is 509 cm³/mol. The van der Waals surface area contributed by atoms with Crippen LogP contribution in [0, 0.1) is 10.8 Å². The molecule has 0 saturated carbocycles. The van der Waals surface area contributed by atoms with Crippen LogP contribution in [0.3, 0.4) is 0 Å². The molecule has 12 amide bonds. The molecule has 0 bridgehead atoms. The molecular weight excluding hydrogens is 1800 g/mol. The molecule has 3 aromatic heterocycles. The zero-order chi connectivity index (χ0) is 99.6. The standard InChI is InChI=1S/C94H118N26O19/c95-92(96)101-30-10-21-69(107-85(132)71(43-57-26-27-58-13-4-5-16-61(58)41-57)106-78(122)50-116-33-35-117(51-79(123)124)37-39-119(53-81(127)128)40-38-118(36-34-116)52-80(125)126)83(130)110-73(45-63-48-104-68-20-9-7-18-66(63)68)87(134)113-76(54-121)89(136)111-74(46-64-49-100-55-105-64)88(135)108-70(22-11-31-102-93(97)98)84(131)109-72(44-62-47-103-67-19-8-6-17-65(62)67)86(133)112-75(91(138)120-32-12-23-77(120)90(137)114-115-94(99)139)42-56-24-28-60(29-25-56)82(129)59-14-2-1-3-15-59/h1-9,13-20,24-29,41,47-49,55,69-77,103-104,121H,10-12,21-23,30-40,42-46,50-54H2,(H,100,105)(H,106,122)(H,107,132)(H,108,135)(H,109,131)(H,110,130)(H,111,136)(H,112,133)(H,113,134)(H,114,137)(H,123,124)(H,125,126)(H,127,128)(H4,95,96,101)(H4,97,98,102)(H3,99,115,139)/t69-,70+,71+,72-,73-,74-,75-,76-,77-/m0/s1. The van der Waals surface area contributed by atoms with E-state index in [1.165, 1.54) is 17.4 Å².